The largest absolute Gasteiger partial charge is 0.482 e. The topological polar surface area (TPSA) is 45.7 Å². The fourth-order valence-electron chi connectivity index (χ4n) is 2.72. The molecule has 0 radical (unpaired) electrons. The molecule has 0 saturated carbocycles. The lowest BCUT2D eigenvalue weighted by Crippen LogP contribution is -2.49. The summed E-state index contributed by atoms with van der Waals surface area (Å²) in [6, 6.07) is 8.91. The normalized spacial score (nSPS) is 15.1. The molecule has 1 saturated heterocycles. The van der Waals surface area contributed by atoms with E-state index >= 15 is 0 Å². The Hall–Kier alpha value is -1.53. The second-order valence-corrected chi connectivity index (χ2v) is 7.19. The minimum Gasteiger partial charge on any atom is -0.482 e. The van der Waals surface area contributed by atoms with E-state index < -0.39 is 0 Å². The van der Waals surface area contributed by atoms with Crippen molar-refractivity contribution in [3.8, 4) is 5.75 Å². The van der Waals surface area contributed by atoms with Crippen LogP contribution in [0, 0.1) is 0 Å². The zero-order chi connectivity index (χ0) is 18.5. The minimum atomic E-state index is -0.0854. The third-order valence-electron chi connectivity index (χ3n) is 4.16. The predicted octanol–water partition coefficient (Wildman–Crippen LogP) is 3.77. The van der Waals surface area contributed by atoms with Crippen LogP contribution in [0.3, 0.4) is 0 Å². The van der Waals surface area contributed by atoms with Crippen LogP contribution in [0.5, 0.6) is 5.75 Å². The maximum atomic E-state index is 12.4. The molecule has 0 bridgehead atoms. The number of carbonyl (C=O) groups excluding carboxylic acids is 1. The molecule has 1 amide bonds. The number of hydrogen-bond donors (Lipinski definition) is 0. The molecule has 5 nitrogen and oxygen atoms in total. The van der Waals surface area contributed by atoms with Gasteiger partial charge in [0, 0.05) is 45.0 Å². The summed E-state index contributed by atoms with van der Waals surface area (Å²) in [7, 11) is 0. The molecule has 2 heterocycles. The van der Waals surface area contributed by atoms with Gasteiger partial charge in [0.2, 0.25) is 0 Å². The lowest BCUT2D eigenvalue weighted by molar-refractivity contribution is -0.135. The Morgan fingerprint density at radius 2 is 1.77 bits per heavy atom. The van der Waals surface area contributed by atoms with E-state index in [9.17, 15) is 4.79 Å². The average molecular weight is 415 g/mol. The Balaban J connectivity index is 1.47. The van der Waals surface area contributed by atoms with Crippen LogP contribution >= 0.6 is 34.8 Å². The molecule has 0 aliphatic carbocycles. The van der Waals surface area contributed by atoms with Crippen molar-refractivity contribution in [3.05, 3.63) is 57.3 Å². The van der Waals surface area contributed by atoms with E-state index in [1.54, 1.807) is 11.1 Å². The van der Waals surface area contributed by atoms with Gasteiger partial charge in [-0.15, -0.1) is 0 Å². The fraction of sp³-hybridized carbons (Fsp3) is 0.333. The smallest absolute Gasteiger partial charge is 0.260 e. The van der Waals surface area contributed by atoms with Crippen LogP contribution in [-0.4, -0.2) is 53.5 Å². The van der Waals surface area contributed by atoms with Gasteiger partial charge in [0.25, 0.3) is 5.91 Å². The van der Waals surface area contributed by atoms with Crippen LogP contribution in [0.1, 0.15) is 5.69 Å². The second-order valence-electron chi connectivity index (χ2n) is 5.96. The van der Waals surface area contributed by atoms with E-state index in [4.69, 9.17) is 39.5 Å². The van der Waals surface area contributed by atoms with Crippen molar-refractivity contribution in [2.45, 2.75) is 6.54 Å². The van der Waals surface area contributed by atoms with E-state index in [0.29, 0.717) is 33.9 Å². The van der Waals surface area contributed by atoms with Crippen LogP contribution in [0.15, 0.2) is 36.5 Å². The first-order valence-corrected chi connectivity index (χ1v) is 9.33. The third kappa shape index (κ3) is 5.01. The van der Waals surface area contributed by atoms with E-state index in [1.165, 1.54) is 12.1 Å². The molecule has 2 aromatic rings. The molecule has 0 spiro atoms. The minimum absolute atomic E-state index is 0.0791. The van der Waals surface area contributed by atoms with Crippen LogP contribution in [0.2, 0.25) is 15.1 Å². The molecule has 1 aliphatic heterocycles. The monoisotopic (exact) mass is 413 g/mol. The highest BCUT2D eigenvalue weighted by Gasteiger charge is 2.22. The zero-order valence-corrected chi connectivity index (χ0v) is 16.3. The molecular weight excluding hydrogens is 397 g/mol. The van der Waals surface area contributed by atoms with Gasteiger partial charge in [0.05, 0.1) is 20.8 Å². The molecule has 26 heavy (non-hydrogen) atoms. The Kier molecular flexibility index (Phi) is 6.59. The molecule has 0 N–H and O–H groups in total. The summed E-state index contributed by atoms with van der Waals surface area (Å²) in [6.45, 7) is 3.62. The summed E-state index contributed by atoms with van der Waals surface area (Å²) in [5.74, 6) is 0.271. The molecule has 1 aromatic carbocycles. The van der Waals surface area contributed by atoms with Gasteiger partial charge in [-0.25, -0.2) is 0 Å². The number of piperazine rings is 1. The predicted molar refractivity (Wildman–Crippen MR) is 103 cm³/mol. The van der Waals surface area contributed by atoms with Gasteiger partial charge in [-0.3, -0.25) is 14.7 Å². The second kappa shape index (κ2) is 8.91. The van der Waals surface area contributed by atoms with Crippen molar-refractivity contribution in [1.82, 2.24) is 14.8 Å². The summed E-state index contributed by atoms with van der Waals surface area (Å²) < 4.78 is 5.52. The van der Waals surface area contributed by atoms with Gasteiger partial charge in [-0.05, 0) is 18.2 Å². The first-order chi connectivity index (χ1) is 12.5. The lowest BCUT2D eigenvalue weighted by Gasteiger charge is -2.34. The molecule has 0 atom stereocenters. The number of aromatic nitrogens is 1. The van der Waals surface area contributed by atoms with Crippen LogP contribution in [0.4, 0.5) is 0 Å². The first-order valence-electron chi connectivity index (χ1n) is 8.20. The lowest BCUT2D eigenvalue weighted by atomic mass is 10.2. The molecule has 8 heteroatoms. The van der Waals surface area contributed by atoms with Crippen molar-refractivity contribution in [1.29, 1.82) is 0 Å². The number of pyridine rings is 1. The maximum Gasteiger partial charge on any atom is 0.260 e. The molecule has 3 rings (SSSR count). The first kappa shape index (κ1) is 19.2. The SMILES string of the molecule is O=C(COc1cc(Cl)c(Cl)cc1Cl)N1CCN(Cc2ccccn2)CC1. The quantitative estimate of drug-likeness (QED) is 0.699. The number of rotatable bonds is 5. The Labute approximate surface area is 167 Å². The molecule has 1 fully saturated rings. The fourth-order valence-corrected chi connectivity index (χ4v) is 3.31. The number of benzene rings is 1. The zero-order valence-electron chi connectivity index (χ0n) is 14.0. The standard InChI is InChI=1S/C18H18Cl3N3O2/c19-14-9-16(21)17(10-15(14)20)26-12-18(25)24-7-5-23(6-8-24)11-13-3-1-2-4-22-13/h1-4,9-10H,5-8,11-12H2. The number of amides is 1. The van der Waals surface area contributed by atoms with Gasteiger partial charge in [-0.2, -0.15) is 0 Å². The van der Waals surface area contributed by atoms with Crippen molar-refractivity contribution >= 4 is 40.7 Å². The van der Waals surface area contributed by atoms with Gasteiger partial charge in [0.15, 0.2) is 6.61 Å². The third-order valence-corrected chi connectivity index (χ3v) is 5.18. The van der Waals surface area contributed by atoms with Crippen LogP contribution in [0.25, 0.3) is 0 Å². The van der Waals surface area contributed by atoms with Gasteiger partial charge in [0.1, 0.15) is 5.75 Å². The number of nitrogens with zero attached hydrogens (tertiary/aromatic N) is 3. The summed E-state index contributed by atoms with van der Waals surface area (Å²) in [4.78, 5) is 20.8. The molecule has 1 aromatic heterocycles. The van der Waals surface area contributed by atoms with E-state index in [2.05, 4.69) is 9.88 Å². The number of ether oxygens (including phenoxy) is 1. The van der Waals surface area contributed by atoms with Crippen LogP contribution in [-0.2, 0) is 11.3 Å². The van der Waals surface area contributed by atoms with E-state index in [-0.39, 0.29) is 12.5 Å². The number of halogens is 3. The highest BCUT2D eigenvalue weighted by Crippen LogP contribution is 2.33. The maximum absolute atomic E-state index is 12.4. The summed E-state index contributed by atoms with van der Waals surface area (Å²) in [6.07, 6.45) is 1.79. The van der Waals surface area contributed by atoms with Crippen LogP contribution < -0.4 is 4.74 Å². The molecule has 138 valence electrons. The van der Waals surface area contributed by atoms with E-state index in [0.717, 1.165) is 25.3 Å². The van der Waals surface area contributed by atoms with Gasteiger partial charge < -0.3 is 9.64 Å². The highest BCUT2D eigenvalue weighted by atomic mass is 35.5. The van der Waals surface area contributed by atoms with Gasteiger partial charge in [-0.1, -0.05) is 40.9 Å². The Bertz CT molecular complexity index is 766. The van der Waals surface area contributed by atoms with Crippen molar-refractivity contribution in [2.75, 3.05) is 32.8 Å². The molecule has 1 aliphatic rings. The van der Waals surface area contributed by atoms with Crippen molar-refractivity contribution < 1.29 is 9.53 Å². The average Bonchev–Trinajstić information content (AvgIpc) is 2.65. The van der Waals surface area contributed by atoms with Gasteiger partial charge >= 0.3 is 0 Å². The van der Waals surface area contributed by atoms with E-state index in [1.807, 2.05) is 18.2 Å². The highest BCUT2D eigenvalue weighted by molar-refractivity contribution is 6.43. The van der Waals surface area contributed by atoms with Crippen molar-refractivity contribution in [3.63, 3.8) is 0 Å². The molecule has 0 unspecified atom stereocenters. The summed E-state index contributed by atoms with van der Waals surface area (Å²) in [5.41, 5.74) is 1.03. The number of hydrogen-bond acceptors (Lipinski definition) is 4. The Morgan fingerprint density at radius 3 is 2.46 bits per heavy atom. The van der Waals surface area contributed by atoms with Crippen molar-refractivity contribution in [2.24, 2.45) is 0 Å². The summed E-state index contributed by atoms with van der Waals surface area (Å²) in [5, 5.41) is 1.01. The number of carbonyl (C=O) groups is 1. The Morgan fingerprint density at radius 1 is 1.04 bits per heavy atom. The molecular formula is C18H18Cl3N3O2. The summed E-state index contributed by atoms with van der Waals surface area (Å²) >= 11 is 17.9.